The number of nitrogens with zero attached hydrogens (tertiary/aromatic N) is 1. The minimum absolute atomic E-state index is 0.431. The third kappa shape index (κ3) is 3.35. The highest BCUT2D eigenvalue weighted by atomic mass is 32.2. The van der Waals surface area contributed by atoms with Crippen LogP contribution >= 0.6 is 0 Å². The molecular formula is C6H10N2O2S. The molecule has 1 rings (SSSR count). The van der Waals surface area contributed by atoms with E-state index in [1.54, 1.807) is 6.07 Å². The molecule has 1 aliphatic carbocycles. The Hall–Kier alpha value is -0.600. The maximum absolute atomic E-state index is 10.8. The van der Waals surface area contributed by atoms with Crippen LogP contribution in [0, 0.1) is 17.2 Å². The van der Waals surface area contributed by atoms with E-state index in [9.17, 15) is 8.42 Å². The van der Waals surface area contributed by atoms with Crippen molar-refractivity contribution in [1.29, 1.82) is 5.26 Å². The molecule has 11 heavy (non-hydrogen) atoms. The molecule has 1 N–H and O–H groups in total. The second-order valence-corrected chi connectivity index (χ2v) is 4.52. The average Bonchev–Trinajstić information content (AvgIpc) is 2.65. The Morgan fingerprint density at radius 1 is 1.55 bits per heavy atom. The average molecular weight is 174 g/mol. The van der Waals surface area contributed by atoms with Crippen LogP contribution in [0.1, 0.15) is 12.8 Å². The van der Waals surface area contributed by atoms with Gasteiger partial charge in [-0.3, -0.25) is 0 Å². The number of nitriles is 1. The minimum atomic E-state index is -3.30. The maximum Gasteiger partial charge on any atom is 0.225 e. The van der Waals surface area contributed by atoms with Gasteiger partial charge in [-0.25, -0.2) is 13.1 Å². The number of hydrogen-bond acceptors (Lipinski definition) is 3. The highest BCUT2D eigenvalue weighted by molar-refractivity contribution is 7.89. The second kappa shape index (κ2) is 3.20. The third-order valence-electron chi connectivity index (χ3n) is 1.54. The summed E-state index contributed by atoms with van der Waals surface area (Å²) in [5, 5.41) is 8.11. The van der Waals surface area contributed by atoms with Crippen molar-refractivity contribution in [2.24, 2.45) is 5.92 Å². The summed E-state index contributed by atoms with van der Waals surface area (Å²) in [5.41, 5.74) is 0. The van der Waals surface area contributed by atoms with E-state index in [1.807, 2.05) is 0 Å². The second-order valence-electron chi connectivity index (χ2n) is 2.71. The summed E-state index contributed by atoms with van der Waals surface area (Å²) in [4.78, 5) is 0. The molecule has 0 aromatic rings. The Bertz CT molecular complexity index is 261. The van der Waals surface area contributed by atoms with Crippen molar-refractivity contribution in [3.05, 3.63) is 0 Å². The smallest absolute Gasteiger partial charge is 0.214 e. The van der Waals surface area contributed by atoms with Crippen LogP contribution in [0.5, 0.6) is 0 Å². The van der Waals surface area contributed by atoms with Crippen molar-refractivity contribution in [3.8, 4) is 6.07 Å². The van der Waals surface area contributed by atoms with Gasteiger partial charge in [0.25, 0.3) is 0 Å². The standard InChI is InChI=1S/C6H10N2O2S/c7-3-4-11(9,10)8-5-6-1-2-6/h6,8H,1-2,4-5H2. The predicted octanol–water partition coefficient (Wildman–Crippen LogP) is -0.161. The monoisotopic (exact) mass is 174 g/mol. The normalized spacial score (nSPS) is 17.7. The molecule has 0 aromatic heterocycles. The van der Waals surface area contributed by atoms with Crippen LogP contribution in [0.15, 0.2) is 0 Å². The molecule has 4 nitrogen and oxygen atoms in total. The Labute approximate surface area is 66.3 Å². The van der Waals surface area contributed by atoms with Gasteiger partial charge >= 0.3 is 0 Å². The molecule has 1 saturated carbocycles. The van der Waals surface area contributed by atoms with Gasteiger partial charge < -0.3 is 0 Å². The molecule has 0 bridgehead atoms. The fourth-order valence-electron chi connectivity index (χ4n) is 0.703. The Balaban J connectivity index is 2.28. The van der Waals surface area contributed by atoms with E-state index in [0.717, 1.165) is 12.8 Å². The lowest BCUT2D eigenvalue weighted by atomic mass is 10.4. The Kier molecular flexibility index (Phi) is 2.47. The van der Waals surface area contributed by atoms with E-state index in [2.05, 4.69) is 4.72 Å². The van der Waals surface area contributed by atoms with E-state index in [4.69, 9.17) is 5.26 Å². The van der Waals surface area contributed by atoms with Crippen molar-refractivity contribution in [2.75, 3.05) is 12.3 Å². The van der Waals surface area contributed by atoms with Crippen LogP contribution in [0.3, 0.4) is 0 Å². The number of nitrogens with one attached hydrogen (secondary N) is 1. The molecule has 0 spiro atoms. The highest BCUT2D eigenvalue weighted by Gasteiger charge is 2.23. The molecular weight excluding hydrogens is 164 g/mol. The topological polar surface area (TPSA) is 70.0 Å². The lowest BCUT2D eigenvalue weighted by Gasteiger charge is -1.99. The first-order valence-electron chi connectivity index (χ1n) is 3.48. The summed E-state index contributed by atoms with van der Waals surface area (Å²) >= 11 is 0. The van der Waals surface area contributed by atoms with Crippen LogP contribution < -0.4 is 4.72 Å². The Morgan fingerprint density at radius 2 is 2.18 bits per heavy atom. The number of hydrogen-bond donors (Lipinski definition) is 1. The van der Waals surface area contributed by atoms with Crippen molar-refractivity contribution in [2.45, 2.75) is 12.8 Å². The van der Waals surface area contributed by atoms with E-state index < -0.39 is 15.8 Å². The summed E-state index contributed by atoms with van der Waals surface area (Å²) in [6.07, 6.45) is 2.21. The van der Waals surface area contributed by atoms with E-state index in [-0.39, 0.29) is 0 Å². The highest BCUT2D eigenvalue weighted by Crippen LogP contribution is 2.27. The molecule has 0 radical (unpaired) electrons. The quantitative estimate of drug-likeness (QED) is 0.643. The largest absolute Gasteiger partial charge is 0.225 e. The fraction of sp³-hybridized carbons (Fsp3) is 0.833. The summed E-state index contributed by atoms with van der Waals surface area (Å²) < 4.78 is 24.0. The van der Waals surface area contributed by atoms with Crippen molar-refractivity contribution in [1.82, 2.24) is 4.72 Å². The lowest BCUT2D eigenvalue weighted by Crippen LogP contribution is -2.27. The Morgan fingerprint density at radius 3 is 2.64 bits per heavy atom. The van der Waals surface area contributed by atoms with Gasteiger partial charge in [0.2, 0.25) is 10.0 Å². The van der Waals surface area contributed by atoms with Crippen LogP contribution in [-0.4, -0.2) is 20.7 Å². The van der Waals surface area contributed by atoms with Crippen LogP contribution in [-0.2, 0) is 10.0 Å². The fourth-order valence-corrected chi connectivity index (χ4v) is 1.46. The maximum atomic E-state index is 10.8. The first-order chi connectivity index (χ1) is 5.14. The molecule has 1 fully saturated rings. The predicted molar refractivity (Wildman–Crippen MR) is 40.1 cm³/mol. The number of rotatable bonds is 4. The summed E-state index contributed by atoms with van der Waals surface area (Å²) in [5.74, 6) is 0.0863. The summed E-state index contributed by atoms with van der Waals surface area (Å²) in [7, 11) is -3.30. The molecule has 0 amide bonds. The van der Waals surface area contributed by atoms with Gasteiger partial charge in [-0.1, -0.05) is 0 Å². The van der Waals surface area contributed by atoms with Crippen LogP contribution in [0.4, 0.5) is 0 Å². The van der Waals surface area contributed by atoms with Gasteiger partial charge in [-0.05, 0) is 18.8 Å². The van der Waals surface area contributed by atoms with E-state index in [0.29, 0.717) is 12.5 Å². The molecule has 1 aliphatic rings. The summed E-state index contributed by atoms with van der Waals surface area (Å²) in [6.45, 7) is 0.504. The van der Waals surface area contributed by atoms with Gasteiger partial charge in [-0.2, -0.15) is 5.26 Å². The van der Waals surface area contributed by atoms with Crippen molar-refractivity contribution < 1.29 is 8.42 Å². The van der Waals surface area contributed by atoms with Crippen molar-refractivity contribution >= 4 is 10.0 Å². The summed E-state index contributed by atoms with van der Waals surface area (Å²) in [6, 6.07) is 1.60. The zero-order valence-corrected chi connectivity index (χ0v) is 6.89. The van der Waals surface area contributed by atoms with E-state index >= 15 is 0 Å². The van der Waals surface area contributed by atoms with Crippen LogP contribution in [0.2, 0.25) is 0 Å². The molecule has 0 atom stereocenters. The zero-order chi connectivity index (χ0) is 8.32. The third-order valence-corrected chi connectivity index (χ3v) is 2.66. The van der Waals surface area contributed by atoms with Crippen LogP contribution in [0.25, 0.3) is 0 Å². The van der Waals surface area contributed by atoms with Gasteiger partial charge in [0.1, 0.15) is 0 Å². The first kappa shape index (κ1) is 8.50. The molecule has 0 aromatic carbocycles. The first-order valence-corrected chi connectivity index (χ1v) is 5.13. The minimum Gasteiger partial charge on any atom is -0.214 e. The van der Waals surface area contributed by atoms with Gasteiger partial charge in [0.15, 0.2) is 5.75 Å². The van der Waals surface area contributed by atoms with Gasteiger partial charge in [0.05, 0.1) is 6.07 Å². The number of sulfonamides is 1. The molecule has 0 aliphatic heterocycles. The lowest BCUT2D eigenvalue weighted by molar-refractivity contribution is 0.581. The van der Waals surface area contributed by atoms with Gasteiger partial charge in [0, 0.05) is 6.54 Å². The van der Waals surface area contributed by atoms with Crippen molar-refractivity contribution in [3.63, 3.8) is 0 Å². The van der Waals surface area contributed by atoms with E-state index in [1.165, 1.54) is 0 Å². The van der Waals surface area contributed by atoms with Gasteiger partial charge in [-0.15, -0.1) is 0 Å². The molecule has 5 heteroatoms. The molecule has 0 saturated heterocycles. The molecule has 62 valence electrons. The molecule has 0 heterocycles. The SMILES string of the molecule is N#CCS(=O)(=O)NCC1CC1. The zero-order valence-electron chi connectivity index (χ0n) is 6.08. The molecule has 0 unspecified atom stereocenters.